The predicted molar refractivity (Wildman–Crippen MR) is 109 cm³/mol. The van der Waals surface area contributed by atoms with Crippen molar-refractivity contribution in [2.75, 3.05) is 18.6 Å². The molecule has 1 aliphatic carbocycles. The van der Waals surface area contributed by atoms with Crippen molar-refractivity contribution in [1.82, 2.24) is 10.1 Å². The molecule has 7 nitrogen and oxygen atoms in total. The third-order valence-electron chi connectivity index (χ3n) is 4.83. The number of ether oxygens (including phenoxy) is 1. The smallest absolute Gasteiger partial charge is 0.330 e. The number of nitrogens with zero attached hydrogens (tertiary/aromatic N) is 3. The van der Waals surface area contributed by atoms with E-state index in [0.29, 0.717) is 18.3 Å². The van der Waals surface area contributed by atoms with Gasteiger partial charge in [-0.3, -0.25) is 4.79 Å². The van der Waals surface area contributed by atoms with Crippen molar-refractivity contribution in [3.8, 4) is 0 Å². The normalized spacial score (nSPS) is 13.6. The van der Waals surface area contributed by atoms with Crippen LogP contribution in [0.2, 0.25) is 0 Å². The number of anilines is 1. The van der Waals surface area contributed by atoms with Gasteiger partial charge in [0.2, 0.25) is 11.8 Å². The summed E-state index contributed by atoms with van der Waals surface area (Å²) >= 11 is 0. The maximum absolute atomic E-state index is 12.8. The minimum atomic E-state index is -0.405. The van der Waals surface area contributed by atoms with Crippen LogP contribution in [0, 0.1) is 12.8 Å². The van der Waals surface area contributed by atoms with Crippen molar-refractivity contribution < 1.29 is 18.8 Å². The number of esters is 1. The van der Waals surface area contributed by atoms with Crippen molar-refractivity contribution in [2.24, 2.45) is 5.92 Å². The molecule has 1 heterocycles. The molecule has 0 radical (unpaired) electrons. The van der Waals surface area contributed by atoms with Crippen LogP contribution in [-0.4, -0.2) is 35.7 Å². The summed E-state index contributed by atoms with van der Waals surface area (Å²) in [6.07, 6.45) is 8.57. The Morgan fingerprint density at radius 3 is 2.79 bits per heavy atom. The number of methoxy groups -OCH3 is 1. The van der Waals surface area contributed by atoms with E-state index < -0.39 is 5.97 Å². The highest BCUT2D eigenvalue weighted by Crippen LogP contribution is 2.33. The summed E-state index contributed by atoms with van der Waals surface area (Å²) in [5, 5.41) is 3.80. The molecule has 0 unspecified atom stereocenters. The highest BCUT2D eigenvalue weighted by molar-refractivity contribution is 5.96. The minimum absolute atomic E-state index is 0.144. The molecular weight excluding hydrogens is 370 g/mol. The van der Waals surface area contributed by atoms with Gasteiger partial charge < -0.3 is 14.2 Å². The van der Waals surface area contributed by atoms with Crippen LogP contribution in [0.4, 0.5) is 5.69 Å². The first-order valence-corrected chi connectivity index (χ1v) is 10.0. The van der Waals surface area contributed by atoms with Gasteiger partial charge in [0.1, 0.15) is 0 Å². The summed E-state index contributed by atoms with van der Waals surface area (Å²) < 4.78 is 9.77. The second kappa shape index (κ2) is 10.0. The predicted octanol–water partition coefficient (Wildman–Crippen LogP) is 3.72. The molecule has 1 aromatic carbocycles. The molecule has 0 N–H and O–H groups in total. The highest BCUT2D eigenvalue weighted by Gasteiger charge is 2.33. The first-order chi connectivity index (χ1) is 14.1. The van der Waals surface area contributed by atoms with Gasteiger partial charge in [0.15, 0.2) is 5.82 Å². The molecule has 0 saturated heterocycles. The molecule has 1 fully saturated rings. The second-order valence-corrected chi connectivity index (χ2v) is 7.26. The fourth-order valence-electron chi connectivity index (χ4n) is 3.11. The summed E-state index contributed by atoms with van der Waals surface area (Å²) in [7, 11) is 1.35. The van der Waals surface area contributed by atoms with E-state index in [1.807, 2.05) is 36.1 Å². The second-order valence-electron chi connectivity index (χ2n) is 7.26. The Hall–Kier alpha value is -2.96. The van der Waals surface area contributed by atoms with Crippen molar-refractivity contribution in [1.29, 1.82) is 0 Å². The largest absolute Gasteiger partial charge is 0.466 e. The maximum atomic E-state index is 12.8. The number of carbonyl (C=O) groups excluding carboxylic acids is 2. The van der Waals surface area contributed by atoms with Crippen molar-refractivity contribution in [3.05, 3.63) is 47.6 Å². The number of benzene rings is 1. The molecular formula is C22H27N3O4. The summed E-state index contributed by atoms with van der Waals surface area (Å²) in [6, 6.07) is 7.67. The third kappa shape index (κ3) is 6.27. The molecule has 3 rings (SSSR count). The summed E-state index contributed by atoms with van der Waals surface area (Å²) in [5.74, 6) is 1.25. The van der Waals surface area contributed by atoms with E-state index in [0.717, 1.165) is 49.8 Å². The lowest BCUT2D eigenvalue weighted by Gasteiger charge is -2.23. The molecule has 0 bridgehead atoms. The molecule has 1 amide bonds. The van der Waals surface area contributed by atoms with Crippen molar-refractivity contribution >= 4 is 23.6 Å². The number of hydrogen-bond acceptors (Lipinski definition) is 6. The van der Waals surface area contributed by atoms with Gasteiger partial charge in [-0.05, 0) is 56.4 Å². The SMILES string of the molecule is COC(=O)/C=C/c1cccc(N(CCCCCc2nc(C)no2)C(=O)C2CC2)c1. The van der Waals surface area contributed by atoms with Gasteiger partial charge in [0.25, 0.3) is 0 Å². The average molecular weight is 397 g/mol. The zero-order valence-corrected chi connectivity index (χ0v) is 17.0. The lowest BCUT2D eigenvalue weighted by molar-refractivity contribution is -0.134. The summed E-state index contributed by atoms with van der Waals surface area (Å²) in [6.45, 7) is 2.48. The van der Waals surface area contributed by atoms with Gasteiger partial charge in [0, 0.05) is 30.6 Å². The molecule has 0 spiro atoms. The molecule has 154 valence electrons. The Kier molecular flexibility index (Phi) is 7.16. The van der Waals surface area contributed by atoms with E-state index in [9.17, 15) is 9.59 Å². The highest BCUT2D eigenvalue weighted by atomic mass is 16.5. The van der Waals surface area contributed by atoms with E-state index in [1.54, 1.807) is 6.08 Å². The Morgan fingerprint density at radius 2 is 2.10 bits per heavy atom. The first-order valence-electron chi connectivity index (χ1n) is 10.0. The van der Waals surface area contributed by atoms with Crippen LogP contribution >= 0.6 is 0 Å². The fourth-order valence-corrected chi connectivity index (χ4v) is 3.11. The number of hydrogen-bond donors (Lipinski definition) is 0. The Balaban J connectivity index is 1.59. The van der Waals surface area contributed by atoms with Crippen molar-refractivity contribution in [2.45, 2.75) is 45.4 Å². The third-order valence-corrected chi connectivity index (χ3v) is 4.83. The van der Waals surface area contributed by atoms with Gasteiger partial charge >= 0.3 is 5.97 Å². The van der Waals surface area contributed by atoms with Crippen molar-refractivity contribution in [3.63, 3.8) is 0 Å². The zero-order chi connectivity index (χ0) is 20.6. The number of aromatic nitrogens is 2. The number of unbranched alkanes of at least 4 members (excludes halogenated alkanes) is 2. The molecule has 7 heteroatoms. The molecule has 0 aliphatic heterocycles. The standard InChI is InChI=1S/C22H27N3O4/c1-16-23-20(29-24-16)9-4-3-5-14-25(22(27)18-11-12-18)19-8-6-7-17(15-19)10-13-21(26)28-2/h6-8,10,13,15,18H,3-5,9,11-12,14H2,1-2H3/b13-10+. The molecule has 1 aliphatic rings. The van der Waals surface area contributed by atoms with Crippen LogP contribution in [-0.2, 0) is 20.7 Å². The van der Waals surface area contributed by atoms with Crippen LogP contribution in [0.5, 0.6) is 0 Å². The molecule has 2 aromatic rings. The van der Waals surface area contributed by atoms with Crippen LogP contribution in [0.25, 0.3) is 6.08 Å². The lowest BCUT2D eigenvalue weighted by Crippen LogP contribution is -2.33. The molecule has 1 saturated carbocycles. The lowest BCUT2D eigenvalue weighted by atomic mass is 10.1. The van der Waals surface area contributed by atoms with Crippen LogP contribution in [0.1, 0.15) is 49.4 Å². The quantitative estimate of drug-likeness (QED) is 0.345. The van der Waals surface area contributed by atoms with E-state index in [1.165, 1.54) is 13.2 Å². The topological polar surface area (TPSA) is 85.5 Å². The monoisotopic (exact) mass is 397 g/mol. The Labute approximate surface area is 170 Å². The van der Waals surface area contributed by atoms with Gasteiger partial charge in [-0.2, -0.15) is 4.98 Å². The van der Waals surface area contributed by atoms with E-state index >= 15 is 0 Å². The van der Waals surface area contributed by atoms with Crippen LogP contribution in [0.15, 0.2) is 34.9 Å². The Bertz CT molecular complexity index is 870. The van der Waals surface area contributed by atoms with Gasteiger partial charge in [0.05, 0.1) is 7.11 Å². The Morgan fingerprint density at radius 1 is 1.28 bits per heavy atom. The first kappa shape index (κ1) is 20.8. The summed E-state index contributed by atoms with van der Waals surface area (Å²) in [5.41, 5.74) is 1.72. The summed E-state index contributed by atoms with van der Waals surface area (Å²) in [4.78, 5) is 30.2. The number of rotatable bonds is 10. The van der Waals surface area contributed by atoms with E-state index in [2.05, 4.69) is 14.9 Å². The van der Waals surface area contributed by atoms with Gasteiger partial charge in [-0.15, -0.1) is 0 Å². The van der Waals surface area contributed by atoms with Crippen LogP contribution in [0.3, 0.4) is 0 Å². The number of amides is 1. The molecule has 1 aromatic heterocycles. The number of carbonyl (C=O) groups is 2. The molecule has 29 heavy (non-hydrogen) atoms. The molecule has 0 atom stereocenters. The fraction of sp³-hybridized carbons (Fsp3) is 0.455. The minimum Gasteiger partial charge on any atom is -0.466 e. The zero-order valence-electron chi connectivity index (χ0n) is 17.0. The average Bonchev–Trinajstić information content (AvgIpc) is 3.50. The maximum Gasteiger partial charge on any atom is 0.330 e. The van der Waals surface area contributed by atoms with E-state index in [-0.39, 0.29) is 11.8 Å². The van der Waals surface area contributed by atoms with Gasteiger partial charge in [-0.25, -0.2) is 4.79 Å². The number of aryl methyl sites for hydroxylation is 2. The van der Waals surface area contributed by atoms with E-state index in [4.69, 9.17) is 4.52 Å². The van der Waals surface area contributed by atoms with Crippen LogP contribution < -0.4 is 4.90 Å². The van der Waals surface area contributed by atoms with Gasteiger partial charge in [-0.1, -0.05) is 23.7 Å².